The molecule has 0 bridgehead atoms. The van der Waals surface area contributed by atoms with Crippen molar-refractivity contribution >= 4 is 11.9 Å². The number of ether oxygens (including phenoxy) is 2. The summed E-state index contributed by atoms with van der Waals surface area (Å²) in [4.78, 5) is 22.7. The standard InChI is InChI=1S/C12H15NO5/c1-3-18-11(15)7-13-12(16)8-4-5-10(17-2)9(14)6-8/h4-6,14H,3,7H2,1-2H3,(H,13,16). The Bertz CT molecular complexity index is 444. The van der Waals surface area contributed by atoms with Gasteiger partial charge >= 0.3 is 5.97 Å². The molecule has 0 saturated carbocycles. The van der Waals surface area contributed by atoms with E-state index in [1.165, 1.54) is 25.3 Å². The molecule has 0 aliphatic carbocycles. The number of benzene rings is 1. The Labute approximate surface area is 105 Å². The van der Waals surface area contributed by atoms with Crippen molar-refractivity contribution < 1.29 is 24.2 Å². The average Bonchev–Trinajstić information content (AvgIpc) is 2.36. The quantitative estimate of drug-likeness (QED) is 0.754. The highest BCUT2D eigenvalue weighted by molar-refractivity contribution is 5.96. The summed E-state index contributed by atoms with van der Waals surface area (Å²) in [6, 6.07) is 4.22. The van der Waals surface area contributed by atoms with E-state index in [9.17, 15) is 14.7 Å². The van der Waals surface area contributed by atoms with Gasteiger partial charge in [-0.25, -0.2) is 0 Å². The van der Waals surface area contributed by atoms with E-state index < -0.39 is 11.9 Å². The van der Waals surface area contributed by atoms with Gasteiger partial charge < -0.3 is 19.9 Å². The van der Waals surface area contributed by atoms with Gasteiger partial charge in [-0.2, -0.15) is 0 Å². The molecule has 0 spiro atoms. The van der Waals surface area contributed by atoms with E-state index in [1.54, 1.807) is 6.92 Å². The molecule has 0 aliphatic rings. The third kappa shape index (κ3) is 3.65. The summed E-state index contributed by atoms with van der Waals surface area (Å²) in [6.07, 6.45) is 0. The van der Waals surface area contributed by atoms with Crippen LogP contribution in [0.15, 0.2) is 18.2 Å². The lowest BCUT2D eigenvalue weighted by Gasteiger charge is -2.07. The molecule has 0 heterocycles. The third-order valence-electron chi connectivity index (χ3n) is 2.14. The summed E-state index contributed by atoms with van der Waals surface area (Å²) in [5.41, 5.74) is 0.234. The van der Waals surface area contributed by atoms with Crippen molar-refractivity contribution in [3.05, 3.63) is 23.8 Å². The van der Waals surface area contributed by atoms with E-state index >= 15 is 0 Å². The molecule has 6 nitrogen and oxygen atoms in total. The van der Waals surface area contributed by atoms with Crippen LogP contribution in [0.3, 0.4) is 0 Å². The fourth-order valence-corrected chi connectivity index (χ4v) is 1.30. The lowest BCUT2D eigenvalue weighted by atomic mass is 10.2. The highest BCUT2D eigenvalue weighted by Crippen LogP contribution is 2.25. The van der Waals surface area contributed by atoms with Crippen LogP contribution in [0.1, 0.15) is 17.3 Å². The van der Waals surface area contributed by atoms with Gasteiger partial charge in [0.2, 0.25) is 0 Å². The maximum absolute atomic E-state index is 11.6. The number of phenolic OH excluding ortho intramolecular Hbond substituents is 1. The largest absolute Gasteiger partial charge is 0.504 e. The monoisotopic (exact) mass is 253 g/mol. The van der Waals surface area contributed by atoms with Gasteiger partial charge in [-0.15, -0.1) is 0 Å². The second-order valence-corrected chi connectivity index (χ2v) is 3.37. The van der Waals surface area contributed by atoms with Crippen molar-refractivity contribution in [2.75, 3.05) is 20.3 Å². The zero-order valence-electron chi connectivity index (χ0n) is 10.2. The van der Waals surface area contributed by atoms with Crippen LogP contribution >= 0.6 is 0 Å². The van der Waals surface area contributed by atoms with Crippen LogP contribution in [0, 0.1) is 0 Å². The first kappa shape index (κ1) is 13.8. The first-order chi connectivity index (χ1) is 8.58. The van der Waals surface area contributed by atoms with Crippen LogP contribution in [0.2, 0.25) is 0 Å². The molecule has 0 saturated heterocycles. The van der Waals surface area contributed by atoms with E-state index in [2.05, 4.69) is 10.1 Å². The molecule has 18 heavy (non-hydrogen) atoms. The van der Waals surface area contributed by atoms with Crippen LogP contribution in [-0.4, -0.2) is 37.2 Å². The Hall–Kier alpha value is -2.24. The van der Waals surface area contributed by atoms with Crippen LogP contribution in [-0.2, 0) is 9.53 Å². The number of carbonyl (C=O) groups is 2. The van der Waals surface area contributed by atoms with Crippen molar-refractivity contribution in [2.24, 2.45) is 0 Å². The van der Waals surface area contributed by atoms with Gasteiger partial charge in [0.25, 0.3) is 5.91 Å². The summed E-state index contributed by atoms with van der Waals surface area (Å²) in [5, 5.41) is 11.9. The minimum atomic E-state index is -0.511. The fraction of sp³-hybridized carbons (Fsp3) is 0.333. The number of hydrogen-bond acceptors (Lipinski definition) is 5. The smallest absolute Gasteiger partial charge is 0.325 e. The summed E-state index contributed by atoms with van der Waals surface area (Å²) < 4.78 is 9.52. The van der Waals surface area contributed by atoms with Gasteiger partial charge in [-0.1, -0.05) is 0 Å². The number of phenols is 1. The molecule has 1 rings (SSSR count). The Morgan fingerprint density at radius 2 is 2.11 bits per heavy atom. The van der Waals surface area contributed by atoms with Crippen molar-refractivity contribution in [3.63, 3.8) is 0 Å². The molecule has 0 unspecified atom stereocenters. The minimum Gasteiger partial charge on any atom is -0.504 e. The Balaban J connectivity index is 2.62. The molecule has 98 valence electrons. The molecule has 1 aromatic carbocycles. The Morgan fingerprint density at radius 3 is 2.67 bits per heavy atom. The normalized spacial score (nSPS) is 9.67. The van der Waals surface area contributed by atoms with Gasteiger partial charge in [0.05, 0.1) is 13.7 Å². The van der Waals surface area contributed by atoms with Crippen LogP contribution < -0.4 is 10.1 Å². The predicted molar refractivity (Wildman–Crippen MR) is 63.6 cm³/mol. The van der Waals surface area contributed by atoms with Gasteiger partial charge in [0.15, 0.2) is 11.5 Å². The van der Waals surface area contributed by atoms with Crippen LogP contribution in [0.4, 0.5) is 0 Å². The molecule has 0 aromatic heterocycles. The van der Waals surface area contributed by atoms with Crippen molar-refractivity contribution in [2.45, 2.75) is 6.92 Å². The summed E-state index contributed by atoms with van der Waals surface area (Å²) >= 11 is 0. The molecule has 1 amide bonds. The number of methoxy groups -OCH3 is 1. The van der Waals surface area contributed by atoms with Gasteiger partial charge in [-0.05, 0) is 25.1 Å². The summed E-state index contributed by atoms with van der Waals surface area (Å²) in [5.74, 6) is -0.845. The fourth-order valence-electron chi connectivity index (χ4n) is 1.30. The van der Waals surface area contributed by atoms with Crippen LogP contribution in [0.5, 0.6) is 11.5 Å². The number of amides is 1. The number of aromatic hydroxyl groups is 1. The minimum absolute atomic E-state index is 0.138. The molecule has 0 radical (unpaired) electrons. The molecule has 0 aliphatic heterocycles. The molecule has 6 heteroatoms. The van der Waals surface area contributed by atoms with Crippen molar-refractivity contribution in [1.82, 2.24) is 5.32 Å². The zero-order chi connectivity index (χ0) is 13.5. The van der Waals surface area contributed by atoms with E-state index in [1.807, 2.05) is 0 Å². The number of hydrogen-bond donors (Lipinski definition) is 2. The summed E-state index contributed by atoms with van der Waals surface area (Å²) in [6.45, 7) is 1.73. The Morgan fingerprint density at radius 1 is 1.39 bits per heavy atom. The summed E-state index contributed by atoms with van der Waals surface area (Å²) in [7, 11) is 1.41. The number of carbonyl (C=O) groups excluding carboxylic acids is 2. The lowest BCUT2D eigenvalue weighted by Crippen LogP contribution is -2.30. The number of esters is 1. The van der Waals surface area contributed by atoms with Crippen LogP contribution in [0.25, 0.3) is 0 Å². The number of rotatable bonds is 5. The van der Waals surface area contributed by atoms with E-state index in [0.717, 1.165) is 0 Å². The lowest BCUT2D eigenvalue weighted by molar-refractivity contribution is -0.141. The molecule has 2 N–H and O–H groups in total. The van der Waals surface area contributed by atoms with Gasteiger partial charge in [0.1, 0.15) is 6.54 Å². The molecular weight excluding hydrogens is 238 g/mol. The van der Waals surface area contributed by atoms with Gasteiger partial charge in [-0.3, -0.25) is 9.59 Å². The Kier molecular flexibility index (Phi) is 4.98. The molecular formula is C12H15NO5. The van der Waals surface area contributed by atoms with E-state index in [-0.39, 0.29) is 30.2 Å². The predicted octanol–water partition coefficient (Wildman–Crippen LogP) is 0.694. The average molecular weight is 253 g/mol. The second kappa shape index (κ2) is 6.48. The molecule has 0 atom stereocenters. The van der Waals surface area contributed by atoms with E-state index in [4.69, 9.17) is 4.74 Å². The zero-order valence-corrected chi connectivity index (χ0v) is 10.2. The SMILES string of the molecule is CCOC(=O)CNC(=O)c1ccc(OC)c(O)c1. The number of nitrogens with one attached hydrogen (secondary N) is 1. The second-order valence-electron chi connectivity index (χ2n) is 3.37. The van der Waals surface area contributed by atoms with Crippen molar-refractivity contribution in [3.8, 4) is 11.5 Å². The molecule has 1 aromatic rings. The highest BCUT2D eigenvalue weighted by atomic mass is 16.5. The maximum Gasteiger partial charge on any atom is 0.325 e. The maximum atomic E-state index is 11.6. The third-order valence-corrected chi connectivity index (χ3v) is 2.14. The topological polar surface area (TPSA) is 84.9 Å². The van der Waals surface area contributed by atoms with Gasteiger partial charge in [0, 0.05) is 5.56 Å². The van der Waals surface area contributed by atoms with Crippen molar-refractivity contribution in [1.29, 1.82) is 0 Å². The highest BCUT2D eigenvalue weighted by Gasteiger charge is 2.11. The van der Waals surface area contributed by atoms with E-state index in [0.29, 0.717) is 0 Å². The first-order valence-corrected chi connectivity index (χ1v) is 5.39. The molecule has 0 fully saturated rings. The first-order valence-electron chi connectivity index (χ1n) is 5.39.